The number of nitrogens with zero attached hydrogens (tertiary/aromatic N) is 3. The summed E-state index contributed by atoms with van der Waals surface area (Å²) in [5.41, 5.74) is 8.19. The van der Waals surface area contributed by atoms with Crippen LogP contribution in [0.4, 0.5) is 4.79 Å². The summed E-state index contributed by atoms with van der Waals surface area (Å²) in [5.74, 6) is -0.0516. The normalized spacial score (nSPS) is 25.6. The van der Waals surface area contributed by atoms with Crippen molar-refractivity contribution in [3.8, 4) is 0 Å². The minimum absolute atomic E-state index is 0.0795. The Morgan fingerprint density at radius 1 is 1.28 bits per heavy atom. The smallest absolute Gasteiger partial charge is 0.315 e. The van der Waals surface area contributed by atoms with Crippen LogP contribution in [0.5, 0.6) is 0 Å². The van der Waals surface area contributed by atoms with Crippen LogP contribution in [0.15, 0.2) is 5.11 Å². The molecular formula is C16H27N5O3S. The lowest BCUT2D eigenvalue weighted by Gasteiger charge is -2.18. The molecule has 0 aromatic heterocycles. The van der Waals surface area contributed by atoms with Gasteiger partial charge in [-0.25, -0.2) is 4.79 Å². The average Bonchev–Trinajstić information content (AvgIpc) is 3.11. The van der Waals surface area contributed by atoms with Crippen LogP contribution in [-0.4, -0.2) is 46.7 Å². The molecule has 1 unspecified atom stereocenters. The Morgan fingerprint density at radius 2 is 2.04 bits per heavy atom. The fourth-order valence-corrected chi connectivity index (χ4v) is 5.11. The van der Waals surface area contributed by atoms with Gasteiger partial charge in [0.05, 0.1) is 18.0 Å². The summed E-state index contributed by atoms with van der Waals surface area (Å²) >= 11 is 1.87. The number of hydrogen-bond donors (Lipinski definition) is 3. The van der Waals surface area contributed by atoms with E-state index < -0.39 is 5.97 Å². The Bertz CT molecular complexity index is 512. The Balaban J connectivity index is 1.60. The van der Waals surface area contributed by atoms with Crippen molar-refractivity contribution in [2.45, 2.75) is 68.7 Å². The molecule has 2 amide bonds. The minimum Gasteiger partial charge on any atom is -0.481 e. The fraction of sp³-hybridized carbons (Fsp3) is 0.875. The molecule has 0 aliphatic carbocycles. The highest BCUT2D eigenvalue weighted by Crippen LogP contribution is 2.33. The molecule has 4 atom stereocenters. The molecule has 0 aromatic carbocycles. The quantitative estimate of drug-likeness (QED) is 0.160. The number of urea groups is 1. The number of aliphatic carboxylic acids is 1. The van der Waals surface area contributed by atoms with E-state index in [0.29, 0.717) is 24.6 Å². The maximum atomic E-state index is 11.4. The number of thioether (sulfide) groups is 1. The average molecular weight is 369 g/mol. The zero-order chi connectivity index (χ0) is 18.1. The van der Waals surface area contributed by atoms with Crippen molar-refractivity contribution in [1.82, 2.24) is 10.6 Å². The van der Waals surface area contributed by atoms with E-state index in [1.54, 1.807) is 0 Å². The Labute approximate surface area is 152 Å². The molecule has 2 aliphatic rings. The number of carbonyl (C=O) groups excluding carboxylic acids is 1. The monoisotopic (exact) mass is 369 g/mol. The molecule has 8 nitrogen and oxygen atoms in total. The van der Waals surface area contributed by atoms with Gasteiger partial charge in [-0.3, -0.25) is 4.79 Å². The van der Waals surface area contributed by atoms with Crippen molar-refractivity contribution in [2.75, 3.05) is 12.3 Å². The molecule has 0 bridgehead atoms. The van der Waals surface area contributed by atoms with Gasteiger partial charge in [0.1, 0.15) is 0 Å². The summed E-state index contributed by atoms with van der Waals surface area (Å²) in [6.07, 6.45) is 6.95. The van der Waals surface area contributed by atoms with Gasteiger partial charge in [-0.15, -0.1) is 0 Å². The van der Waals surface area contributed by atoms with E-state index in [2.05, 4.69) is 20.7 Å². The molecule has 9 heteroatoms. The highest BCUT2D eigenvalue weighted by atomic mass is 32.2. The van der Waals surface area contributed by atoms with Crippen LogP contribution in [0, 0.1) is 5.92 Å². The van der Waals surface area contributed by atoms with Crippen LogP contribution in [0.25, 0.3) is 10.4 Å². The van der Waals surface area contributed by atoms with Gasteiger partial charge in [-0.05, 0) is 31.2 Å². The number of fused-ring (bicyclic) bond motifs is 1. The summed E-state index contributed by atoms with van der Waals surface area (Å²) in [4.78, 5) is 25.5. The molecule has 2 aliphatic heterocycles. The van der Waals surface area contributed by atoms with Crippen LogP contribution in [-0.2, 0) is 4.79 Å². The van der Waals surface area contributed by atoms with E-state index in [0.717, 1.165) is 44.3 Å². The van der Waals surface area contributed by atoms with Crippen molar-refractivity contribution >= 4 is 23.8 Å². The lowest BCUT2D eigenvalue weighted by atomic mass is 9.93. The second-order valence-electron chi connectivity index (χ2n) is 6.75. The summed E-state index contributed by atoms with van der Waals surface area (Å²) in [6, 6.07) is 0.337. The van der Waals surface area contributed by atoms with Gasteiger partial charge < -0.3 is 15.7 Å². The van der Waals surface area contributed by atoms with Crippen molar-refractivity contribution < 1.29 is 14.7 Å². The minimum atomic E-state index is -0.707. The van der Waals surface area contributed by atoms with E-state index in [-0.39, 0.29) is 24.0 Å². The highest BCUT2D eigenvalue weighted by molar-refractivity contribution is 8.00. The first-order valence-corrected chi connectivity index (χ1v) is 10.1. The molecule has 140 valence electrons. The second-order valence-corrected chi connectivity index (χ2v) is 8.02. The number of carbonyl (C=O) groups is 2. The van der Waals surface area contributed by atoms with Gasteiger partial charge in [-0.2, -0.15) is 11.8 Å². The first-order valence-electron chi connectivity index (χ1n) is 9.04. The van der Waals surface area contributed by atoms with Gasteiger partial charge >= 0.3 is 12.0 Å². The predicted octanol–water partition coefficient (Wildman–Crippen LogP) is 3.28. The molecule has 0 radical (unpaired) electrons. The van der Waals surface area contributed by atoms with Gasteiger partial charge in [0.2, 0.25) is 0 Å². The zero-order valence-electron chi connectivity index (χ0n) is 14.4. The fourth-order valence-electron chi connectivity index (χ4n) is 3.57. The van der Waals surface area contributed by atoms with Crippen LogP contribution >= 0.6 is 11.8 Å². The maximum absolute atomic E-state index is 11.4. The second kappa shape index (κ2) is 10.4. The van der Waals surface area contributed by atoms with Gasteiger partial charge in [0.15, 0.2) is 0 Å². The number of amides is 2. The lowest BCUT2D eigenvalue weighted by molar-refractivity contribution is -0.142. The largest absolute Gasteiger partial charge is 0.481 e. The lowest BCUT2D eigenvalue weighted by Crippen LogP contribution is -2.36. The van der Waals surface area contributed by atoms with Gasteiger partial charge in [-0.1, -0.05) is 30.8 Å². The van der Waals surface area contributed by atoms with Crippen molar-refractivity contribution in [2.24, 2.45) is 11.0 Å². The van der Waals surface area contributed by atoms with E-state index in [9.17, 15) is 14.7 Å². The number of azide groups is 1. The van der Waals surface area contributed by atoms with Crippen molar-refractivity contribution in [1.29, 1.82) is 0 Å². The molecule has 2 heterocycles. The third-order valence-electron chi connectivity index (χ3n) is 4.95. The Hall–Kier alpha value is -1.60. The van der Waals surface area contributed by atoms with E-state index in [1.807, 2.05) is 11.8 Å². The molecule has 2 saturated heterocycles. The molecule has 3 N–H and O–H groups in total. The third kappa shape index (κ3) is 6.32. The van der Waals surface area contributed by atoms with Gasteiger partial charge in [0.25, 0.3) is 0 Å². The zero-order valence-corrected chi connectivity index (χ0v) is 15.2. The third-order valence-corrected chi connectivity index (χ3v) is 6.46. The molecule has 2 fully saturated rings. The van der Waals surface area contributed by atoms with E-state index in [1.165, 1.54) is 0 Å². The van der Waals surface area contributed by atoms with E-state index >= 15 is 0 Å². The first-order chi connectivity index (χ1) is 12.1. The molecule has 25 heavy (non-hydrogen) atoms. The summed E-state index contributed by atoms with van der Waals surface area (Å²) in [7, 11) is 0. The topological polar surface area (TPSA) is 127 Å². The van der Waals surface area contributed by atoms with E-state index in [4.69, 9.17) is 5.53 Å². The summed E-state index contributed by atoms with van der Waals surface area (Å²) in [5, 5.41) is 19.2. The molecule has 0 aromatic rings. The number of carboxylic acids is 1. The number of rotatable bonds is 12. The Kier molecular flexibility index (Phi) is 8.21. The summed E-state index contributed by atoms with van der Waals surface area (Å²) < 4.78 is 0. The number of carboxylic acid groups (broad SMARTS) is 1. The molecule has 2 rings (SSSR count). The van der Waals surface area contributed by atoms with Crippen molar-refractivity contribution in [3.05, 3.63) is 10.4 Å². The van der Waals surface area contributed by atoms with Crippen LogP contribution < -0.4 is 10.6 Å². The van der Waals surface area contributed by atoms with Gasteiger partial charge in [0, 0.05) is 22.5 Å². The standard InChI is InChI=1S/C16H27N5O3S/c17-21-18-9-4-2-1-3-6-11(15(22)23)7-5-8-13-14-12(10-25-13)19-16(24)20-14/h11-14H,1-10H2,(H,22,23)(H2,19,20,24)/t11?,12-,13-,14-/m0/s1. The van der Waals surface area contributed by atoms with Crippen molar-refractivity contribution in [3.63, 3.8) is 0 Å². The van der Waals surface area contributed by atoms with Crippen LogP contribution in [0.1, 0.15) is 51.4 Å². The highest BCUT2D eigenvalue weighted by Gasteiger charge is 2.42. The molecular weight excluding hydrogens is 342 g/mol. The predicted molar refractivity (Wildman–Crippen MR) is 97.6 cm³/mol. The van der Waals surface area contributed by atoms with Crippen LogP contribution in [0.2, 0.25) is 0 Å². The molecule has 0 spiro atoms. The number of hydrogen-bond acceptors (Lipinski definition) is 4. The number of nitrogens with one attached hydrogen (secondary N) is 2. The molecule has 0 saturated carbocycles. The first kappa shape index (κ1) is 19.7. The maximum Gasteiger partial charge on any atom is 0.315 e. The summed E-state index contributed by atoms with van der Waals surface area (Å²) in [6.45, 7) is 0.519. The Morgan fingerprint density at radius 3 is 2.80 bits per heavy atom. The SMILES string of the molecule is [N-]=[N+]=NCCCCCCC(CCC[C@@H]1SC[C@@H]2NC(=O)N[C@@H]21)C(=O)O. The van der Waals surface area contributed by atoms with Crippen LogP contribution in [0.3, 0.4) is 0 Å². The number of unbranched alkanes of at least 4 members (excludes halogenated alkanes) is 3.